The van der Waals surface area contributed by atoms with E-state index in [1.54, 1.807) is 0 Å². The molecule has 1 aliphatic rings. The number of para-hydroxylation sites is 2. The summed E-state index contributed by atoms with van der Waals surface area (Å²) in [6.07, 6.45) is 1.08. The first-order chi connectivity index (χ1) is 14.0. The fourth-order valence-electron chi connectivity index (χ4n) is 3.48. The molecule has 0 radical (unpaired) electrons. The highest BCUT2D eigenvalue weighted by atomic mass is 16.5. The van der Waals surface area contributed by atoms with Crippen LogP contribution >= 0.6 is 0 Å². The Bertz CT molecular complexity index is 864. The number of rotatable bonds is 7. The zero-order valence-corrected chi connectivity index (χ0v) is 17.3. The molecule has 0 saturated carbocycles. The highest BCUT2D eigenvalue weighted by Crippen LogP contribution is 2.33. The van der Waals surface area contributed by atoms with Gasteiger partial charge in [-0.3, -0.25) is 9.59 Å². The summed E-state index contributed by atoms with van der Waals surface area (Å²) >= 11 is 0. The van der Waals surface area contributed by atoms with Crippen LogP contribution in [0.5, 0.6) is 5.75 Å². The van der Waals surface area contributed by atoms with E-state index in [1.165, 1.54) is 0 Å². The van der Waals surface area contributed by atoms with Crippen molar-refractivity contribution in [1.29, 1.82) is 0 Å². The minimum Gasteiger partial charge on any atom is -0.477 e. The molecule has 1 unspecified atom stereocenters. The molecule has 0 bridgehead atoms. The summed E-state index contributed by atoms with van der Waals surface area (Å²) in [5, 5.41) is 5.98. The van der Waals surface area contributed by atoms with E-state index in [1.807, 2.05) is 74.2 Å². The number of hydrogen-bond acceptors (Lipinski definition) is 4. The number of fused-ring (bicyclic) bond motifs is 1. The van der Waals surface area contributed by atoms with Crippen molar-refractivity contribution in [1.82, 2.24) is 5.32 Å². The van der Waals surface area contributed by atoms with E-state index in [2.05, 4.69) is 10.6 Å². The molecule has 1 heterocycles. The van der Waals surface area contributed by atoms with Gasteiger partial charge in [-0.15, -0.1) is 0 Å². The second-order valence-corrected chi connectivity index (χ2v) is 7.39. The van der Waals surface area contributed by atoms with Crippen molar-refractivity contribution in [2.45, 2.75) is 45.8 Å². The lowest BCUT2D eigenvalue weighted by Gasteiger charge is -2.35. The third-order valence-electron chi connectivity index (χ3n) is 5.12. The number of hydrogen-bond donors (Lipinski definition) is 2. The fraction of sp³-hybridized carbons (Fsp3) is 0.391. The minimum atomic E-state index is -0.655. The van der Waals surface area contributed by atoms with E-state index in [9.17, 15) is 9.59 Å². The summed E-state index contributed by atoms with van der Waals surface area (Å²) in [6, 6.07) is 15.3. The molecule has 6 nitrogen and oxygen atoms in total. The van der Waals surface area contributed by atoms with E-state index in [4.69, 9.17) is 4.74 Å². The smallest absolute Gasteiger partial charge is 0.263 e. The van der Waals surface area contributed by atoms with Crippen molar-refractivity contribution >= 4 is 23.2 Å². The highest BCUT2D eigenvalue weighted by molar-refractivity contribution is 5.95. The van der Waals surface area contributed by atoms with Crippen molar-refractivity contribution in [2.24, 2.45) is 0 Å². The maximum absolute atomic E-state index is 12.7. The van der Waals surface area contributed by atoms with Gasteiger partial charge in [0.1, 0.15) is 5.75 Å². The molecule has 2 aromatic carbocycles. The lowest BCUT2D eigenvalue weighted by Crippen LogP contribution is -2.52. The summed E-state index contributed by atoms with van der Waals surface area (Å²) < 4.78 is 5.94. The lowest BCUT2D eigenvalue weighted by atomic mass is 10.1. The Kier molecular flexibility index (Phi) is 6.75. The second kappa shape index (κ2) is 9.45. The molecular weight excluding hydrogens is 366 g/mol. The molecule has 2 amide bonds. The molecule has 0 aromatic heterocycles. The number of aryl methyl sites for hydroxylation is 1. The van der Waals surface area contributed by atoms with Crippen LogP contribution in [0.4, 0.5) is 11.4 Å². The average molecular weight is 396 g/mol. The maximum atomic E-state index is 12.7. The van der Waals surface area contributed by atoms with Crippen LogP contribution in [-0.2, 0) is 9.59 Å². The Morgan fingerprint density at radius 1 is 1.14 bits per heavy atom. The van der Waals surface area contributed by atoms with Crippen LogP contribution in [0.15, 0.2) is 48.5 Å². The van der Waals surface area contributed by atoms with Crippen LogP contribution in [0.25, 0.3) is 0 Å². The minimum absolute atomic E-state index is 0.126. The van der Waals surface area contributed by atoms with Gasteiger partial charge in [0.15, 0.2) is 6.10 Å². The largest absolute Gasteiger partial charge is 0.477 e. The zero-order valence-electron chi connectivity index (χ0n) is 17.3. The number of nitrogens with one attached hydrogen (secondary N) is 2. The SMILES string of the molecule is CCC(CC)NC(=O)C1CN(CC(=O)Nc2cccc(C)c2)c2ccccc2O1. The molecule has 0 saturated heterocycles. The Balaban J connectivity index is 1.72. The molecule has 154 valence electrons. The molecule has 0 spiro atoms. The lowest BCUT2D eigenvalue weighted by molar-refractivity contribution is -0.129. The third kappa shape index (κ3) is 5.28. The van der Waals surface area contributed by atoms with Gasteiger partial charge in [0.05, 0.1) is 18.8 Å². The van der Waals surface area contributed by atoms with Crippen molar-refractivity contribution < 1.29 is 14.3 Å². The van der Waals surface area contributed by atoms with E-state index < -0.39 is 6.10 Å². The van der Waals surface area contributed by atoms with Gasteiger partial charge >= 0.3 is 0 Å². The summed E-state index contributed by atoms with van der Waals surface area (Å²) in [4.78, 5) is 27.3. The monoisotopic (exact) mass is 395 g/mol. The summed E-state index contributed by atoms with van der Waals surface area (Å²) in [5.74, 6) is 0.343. The van der Waals surface area contributed by atoms with Gasteiger partial charge in [0, 0.05) is 11.7 Å². The molecule has 6 heteroatoms. The van der Waals surface area contributed by atoms with Crippen molar-refractivity contribution in [3.8, 4) is 5.75 Å². The van der Waals surface area contributed by atoms with Crippen LogP contribution in [0, 0.1) is 6.92 Å². The maximum Gasteiger partial charge on any atom is 0.263 e. The molecule has 29 heavy (non-hydrogen) atoms. The molecule has 1 aliphatic heterocycles. The standard InChI is InChI=1S/C23H29N3O3/c1-4-17(5-2)25-23(28)21-14-26(19-11-6-7-12-20(19)29-21)15-22(27)24-18-10-8-9-16(3)13-18/h6-13,17,21H,4-5,14-15H2,1-3H3,(H,24,27)(H,25,28). The molecule has 2 N–H and O–H groups in total. The first-order valence-corrected chi connectivity index (χ1v) is 10.2. The molecule has 3 rings (SSSR count). The number of benzene rings is 2. The average Bonchev–Trinajstić information content (AvgIpc) is 2.71. The summed E-state index contributed by atoms with van der Waals surface area (Å²) in [7, 11) is 0. The van der Waals surface area contributed by atoms with Crippen LogP contribution in [0.1, 0.15) is 32.3 Å². The molecular formula is C23H29N3O3. The predicted octanol–water partition coefficient (Wildman–Crippen LogP) is 3.51. The Morgan fingerprint density at radius 3 is 2.62 bits per heavy atom. The third-order valence-corrected chi connectivity index (χ3v) is 5.12. The number of carbonyl (C=O) groups excluding carboxylic acids is 2. The first kappa shape index (κ1) is 20.7. The zero-order chi connectivity index (χ0) is 20.8. The highest BCUT2D eigenvalue weighted by Gasteiger charge is 2.32. The number of anilines is 2. The predicted molar refractivity (Wildman–Crippen MR) is 115 cm³/mol. The fourth-order valence-corrected chi connectivity index (χ4v) is 3.48. The van der Waals surface area contributed by atoms with Crippen LogP contribution in [-0.4, -0.2) is 37.0 Å². The van der Waals surface area contributed by atoms with Gasteiger partial charge in [-0.25, -0.2) is 0 Å². The second-order valence-electron chi connectivity index (χ2n) is 7.39. The van der Waals surface area contributed by atoms with E-state index in [0.29, 0.717) is 12.3 Å². The van der Waals surface area contributed by atoms with E-state index in [-0.39, 0.29) is 24.4 Å². The van der Waals surface area contributed by atoms with Crippen LogP contribution in [0.3, 0.4) is 0 Å². The quantitative estimate of drug-likeness (QED) is 0.753. The van der Waals surface area contributed by atoms with Gasteiger partial charge in [-0.05, 0) is 49.6 Å². The Hall–Kier alpha value is -3.02. The van der Waals surface area contributed by atoms with Crippen LogP contribution in [0.2, 0.25) is 0 Å². The molecule has 0 aliphatic carbocycles. The first-order valence-electron chi connectivity index (χ1n) is 10.2. The molecule has 0 fully saturated rings. The normalized spacial score (nSPS) is 15.4. The molecule has 2 aromatic rings. The summed E-state index contributed by atoms with van der Waals surface area (Å²) in [6.45, 7) is 6.55. The number of carbonyl (C=O) groups is 2. The van der Waals surface area contributed by atoms with Crippen molar-refractivity contribution in [2.75, 3.05) is 23.3 Å². The number of nitrogens with zero attached hydrogens (tertiary/aromatic N) is 1. The van der Waals surface area contributed by atoms with E-state index in [0.717, 1.165) is 29.8 Å². The number of amides is 2. The van der Waals surface area contributed by atoms with Gasteiger partial charge in [0.25, 0.3) is 5.91 Å². The van der Waals surface area contributed by atoms with Gasteiger partial charge in [0.2, 0.25) is 5.91 Å². The van der Waals surface area contributed by atoms with Gasteiger partial charge in [-0.2, -0.15) is 0 Å². The topological polar surface area (TPSA) is 70.7 Å². The van der Waals surface area contributed by atoms with E-state index >= 15 is 0 Å². The van der Waals surface area contributed by atoms with Crippen molar-refractivity contribution in [3.05, 3.63) is 54.1 Å². The van der Waals surface area contributed by atoms with Crippen LogP contribution < -0.4 is 20.3 Å². The Morgan fingerprint density at radius 2 is 1.90 bits per heavy atom. The van der Waals surface area contributed by atoms with Crippen molar-refractivity contribution in [3.63, 3.8) is 0 Å². The van der Waals surface area contributed by atoms with Gasteiger partial charge in [-0.1, -0.05) is 38.1 Å². The van der Waals surface area contributed by atoms with Gasteiger partial charge < -0.3 is 20.3 Å². The number of ether oxygens (including phenoxy) is 1. The summed E-state index contributed by atoms with van der Waals surface area (Å²) in [5.41, 5.74) is 2.66. The molecule has 1 atom stereocenters. The Labute approximate surface area is 172 Å².